The summed E-state index contributed by atoms with van der Waals surface area (Å²) in [6.45, 7) is 9.26. The summed E-state index contributed by atoms with van der Waals surface area (Å²) in [6.07, 6.45) is 9.62. The van der Waals surface area contributed by atoms with Crippen LogP contribution in [0.1, 0.15) is 53.4 Å². The molecule has 210 valence electrons. The minimum absolute atomic E-state index is 0.339. The summed E-state index contributed by atoms with van der Waals surface area (Å²) < 4.78 is 13.5. The molecule has 0 unspecified atom stereocenters. The van der Waals surface area contributed by atoms with Crippen molar-refractivity contribution < 1.29 is 9.47 Å². The molecule has 2 nitrogen and oxygen atoms in total. The van der Waals surface area contributed by atoms with Crippen molar-refractivity contribution in [3.05, 3.63) is 97.1 Å². The summed E-state index contributed by atoms with van der Waals surface area (Å²) in [6, 6.07) is 33.9. The highest BCUT2D eigenvalue weighted by atomic mass is 31.1. The number of ether oxygens (including phenoxy) is 2. The fourth-order valence-electron chi connectivity index (χ4n) is 5.25. The highest BCUT2D eigenvalue weighted by Crippen LogP contribution is 2.49. The van der Waals surface area contributed by atoms with Gasteiger partial charge in [-0.3, -0.25) is 0 Å². The Balaban J connectivity index is 2.02. The molecule has 0 radical (unpaired) electrons. The van der Waals surface area contributed by atoms with E-state index in [2.05, 4.69) is 64.1 Å². The van der Waals surface area contributed by atoms with Crippen LogP contribution in [0.3, 0.4) is 0 Å². The van der Waals surface area contributed by atoms with Crippen molar-refractivity contribution >= 4 is 26.5 Å². The van der Waals surface area contributed by atoms with Crippen molar-refractivity contribution in [2.24, 2.45) is 0 Å². The van der Waals surface area contributed by atoms with E-state index in [-0.39, 0.29) is 15.8 Å². The first-order valence-corrected chi connectivity index (χ1v) is 18.3. The molecule has 0 aromatic heterocycles. The van der Waals surface area contributed by atoms with Crippen LogP contribution in [0.25, 0.3) is 11.1 Å². The van der Waals surface area contributed by atoms with E-state index >= 15 is 0 Å². The van der Waals surface area contributed by atoms with Crippen LogP contribution in [-0.2, 0) is 0 Å². The van der Waals surface area contributed by atoms with E-state index in [1.165, 1.54) is 72.1 Å². The Labute approximate surface area is 244 Å². The number of rotatable bonds is 15. The Bertz CT molecular complexity index is 1190. The van der Waals surface area contributed by atoms with Gasteiger partial charge in [0.05, 0.1) is 0 Å². The highest BCUT2D eigenvalue weighted by Gasteiger charge is 2.27. The van der Waals surface area contributed by atoms with Gasteiger partial charge < -0.3 is 9.47 Å². The van der Waals surface area contributed by atoms with Crippen molar-refractivity contribution in [2.45, 2.75) is 53.4 Å². The zero-order valence-electron chi connectivity index (χ0n) is 24.6. The van der Waals surface area contributed by atoms with Gasteiger partial charge in [-0.1, -0.05) is 130 Å². The minimum Gasteiger partial charge on any atom is -0.457 e. The van der Waals surface area contributed by atoms with Gasteiger partial charge in [-0.05, 0) is 71.7 Å². The first kappa shape index (κ1) is 30.3. The number of para-hydroxylation sites is 2. The molecular formula is C36H44O2P2. The Kier molecular flexibility index (Phi) is 12.1. The van der Waals surface area contributed by atoms with Crippen molar-refractivity contribution in [3.63, 3.8) is 0 Å². The van der Waals surface area contributed by atoms with Gasteiger partial charge in [-0.25, -0.2) is 0 Å². The third-order valence-corrected chi connectivity index (χ3v) is 12.9. The molecule has 0 saturated carbocycles. The van der Waals surface area contributed by atoms with E-state index in [0.717, 1.165) is 23.0 Å². The molecule has 0 spiro atoms. The second-order valence-corrected chi connectivity index (χ2v) is 15.0. The fourth-order valence-corrected chi connectivity index (χ4v) is 10.5. The summed E-state index contributed by atoms with van der Waals surface area (Å²) >= 11 is 0. The topological polar surface area (TPSA) is 18.5 Å². The average Bonchev–Trinajstić information content (AvgIpc) is 2.98. The smallest absolute Gasteiger partial charge is 0.136 e. The normalized spacial score (nSPS) is 11.2. The summed E-state index contributed by atoms with van der Waals surface area (Å²) in [5, 5.41) is 2.89. The zero-order chi connectivity index (χ0) is 28.2. The van der Waals surface area contributed by atoms with E-state index in [9.17, 15) is 0 Å². The predicted molar refractivity (Wildman–Crippen MR) is 179 cm³/mol. The minimum atomic E-state index is -0.339. The van der Waals surface area contributed by atoms with Gasteiger partial charge in [-0.2, -0.15) is 0 Å². The fraction of sp³-hybridized carbons (Fsp3) is 0.333. The van der Waals surface area contributed by atoms with E-state index in [4.69, 9.17) is 9.47 Å². The molecule has 4 rings (SSSR count). The number of hydrogen-bond acceptors (Lipinski definition) is 2. The SMILES string of the molecule is CCCP(CCC)c1cccc(Oc2ccccc2)c1-c1c(Oc2ccccc2)cccc1P(CCC)CCC. The van der Waals surface area contributed by atoms with Gasteiger partial charge >= 0.3 is 0 Å². The summed E-state index contributed by atoms with van der Waals surface area (Å²) in [7, 11) is -0.677. The maximum atomic E-state index is 6.73. The van der Waals surface area contributed by atoms with Crippen LogP contribution in [-0.4, -0.2) is 24.6 Å². The zero-order valence-corrected chi connectivity index (χ0v) is 26.4. The van der Waals surface area contributed by atoms with Gasteiger partial charge in [0.1, 0.15) is 23.0 Å². The first-order valence-electron chi connectivity index (χ1n) is 14.9. The molecule has 0 amide bonds. The van der Waals surface area contributed by atoms with Crippen molar-refractivity contribution in [1.82, 2.24) is 0 Å². The molecule has 0 fully saturated rings. The predicted octanol–water partition coefficient (Wildman–Crippen LogP) is 10.8. The first-order chi connectivity index (χ1) is 19.7. The van der Waals surface area contributed by atoms with Crippen LogP contribution >= 0.6 is 15.8 Å². The van der Waals surface area contributed by atoms with Crippen LogP contribution in [0.4, 0.5) is 0 Å². The molecule has 0 bridgehead atoms. The molecule has 0 saturated heterocycles. The molecule has 0 N–H and O–H groups in total. The summed E-state index contributed by atoms with van der Waals surface area (Å²) in [4.78, 5) is 0. The quantitative estimate of drug-likeness (QED) is 0.132. The van der Waals surface area contributed by atoms with Crippen molar-refractivity contribution in [3.8, 4) is 34.1 Å². The molecular weight excluding hydrogens is 526 g/mol. The van der Waals surface area contributed by atoms with E-state index in [0.29, 0.717) is 0 Å². The molecule has 0 aliphatic heterocycles. The standard InChI is InChI=1S/C36H44O2P2/c1-5-25-39(26-6-2)33-23-15-21-31(37-29-17-11-9-12-18-29)35(33)36-32(38-30-19-13-10-14-20-30)22-16-24-34(36)40(27-7-3)28-8-4/h9-24H,5-8,25-28H2,1-4H3. The van der Waals surface area contributed by atoms with Gasteiger partial charge in [0, 0.05) is 11.1 Å². The number of hydrogen-bond donors (Lipinski definition) is 0. The van der Waals surface area contributed by atoms with Gasteiger partial charge in [0.15, 0.2) is 0 Å². The number of benzene rings is 4. The molecule has 0 atom stereocenters. The average molecular weight is 571 g/mol. The van der Waals surface area contributed by atoms with Gasteiger partial charge in [0.2, 0.25) is 0 Å². The molecule has 0 aliphatic carbocycles. The second-order valence-electron chi connectivity index (χ2n) is 10.1. The van der Waals surface area contributed by atoms with Crippen LogP contribution in [0, 0.1) is 0 Å². The van der Waals surface area contributed by atoms with Crippen LogP contribution < -0.4 is 20.1 Å². The second kappa shape index (κ2) is 16.0. The van der Waals surface area contributed by atoms with Crippen LogP contribution in [0.2, 0.25) is 0 Å². The Hall–Kier alpha value is -2.66. The third-order valence-electron chi connectivity index (χ3n) is 6.86. The lowest BCUT2D eigenvalue weighted by Crippen LogP contribution is -2.17. The Morgan fingerprint density at radius 2 is 0.775 bits per heavy atom. The van der Waals surface area contributed by atoms with Crippen LogP contribution in [0.5, 0.6) is 23.0 Å². The van der Waals surface area contributed by atoms with Gasteiger partial charge in [0.25, 0.3) is 0 Å². The maximum Gasteiger partial charge on any atom is 0.136 e. The third kappa shape index (κ3) is 7.75. The van der Waals surface area contributed by atoms with Gasteiger partial charge in [-0.15, -0.1) is 0 Å². The Morgan fingerprint density at radius 3 is 1.10 bits per heavy atom. The maximum absolute atomic E-state index is 6.73. The lowest BCUT2D eigenvalue weighted by molar-refractivity contribution is 0.478. The molecule has 40 heavy (non-hydrogen) atoms. The Morgan fingerprint density at radius 1 is 0.425 bits per heavy atom. The van der Waals surface area contributed by atoms with Crippen LogP contribution in [0.15, 0.2) is 97.1 Å². The van der Waals surface area contributed by atoms with E-state index in [1.807, 2.05) is 60.7 Å². The molecule has 0 aliphatic rings. The molecule has 4 heteroatoms. The molecule has 4 aromatic rings. The summed E-state index contributed by atoms with van der Waals surface area (Å²) in [5.74, 6) is 3.58. The highest BCUT2D eigenvalue weighted by molar-refractivity contribution is 7.66. The van der Waals surface area contributed by atoms with Crippen molar-refractivity contribution in [1.29, 1.82) is 0 Å². The molecule has 0 heterocycles. The largest absolute Gasteiger partial charge is 0.457 e. The molecule has 4 aromatic carbocycles. The lowest BCUT2D eigenvalue weighted by Gasteiger charge is -2.28. The lowest BCUT2D eigenvalue weighted by atomic mass is 10.0. The van der Waals surface area contributed by atoms with E-state index in [1.54, 1.807) is 0 Å². The monoisotopic (exact) mass is 570 g/mol. The summed E-state index contributed by atoms with van der Waals surface area (Å²) in [5.41, 5.74) is 2.47. The van der Waals surface area contributed by atoms with E-state index < -0.39 is 0 Å². The van der Waals surface area contributed by atoms with Crippen molar-refractivity contribution in [2.75, 3.05) is 24.6 Å².